The van der Waals surface area contributed by atoms with Gasteiger partial charge in [0.05, 0.1) is 32.6 Å². The van der Waals surface area contributed by atoms with Gasteiger partial charge in [-0.05, 0) is 48.0 Å². The molecule has 2 heterocycles. The molecule has 0 aliphatic rings. The SMILES string of the molecule is COc1cc(C=CC(=O)Nc2ccccc2-c2nc(-c3ccccn3)no2)cc(OC)c1OC. The lowest BCUT2D eigenvalue weighted by molar-refractivity contribution is -0.111. The van der Waals surface area contributed by atoms with E-state index in [9.17, 15) is 4.79 Å². The molecule has 0 spiro atoms. The Morgan fingerprint density at radius 1 is 0.971 bits per heavy atom. The lowest BCUT2D eigenvalue weighted by Gasteiger charge is -2.12. The molecule has 0 unspecified atom stereocenters. The smallest absolute Gasteiger partial charge is 0.260 e. The summed E-state index contributed by atoms with van der Waals surface area (Å²) in [6.45, 7) is 0. The van der Waals surface area contributed by atoms with E-state index >= 15 is 0 Å². The molecule has 172 valence electrons. The molecule has 9 heteroatoms. The number of anilines is 1. The van der Waals surface area contributed by atoms with Crippen molar-refractivity contribution in [2.45, 2.75) is 0 Å². The summed E-state index contributed by atoms with van der Waals surface area (Å²) < 4.78 is 21.5. The Balaban J connectivity index is 1.54. The van der Waals surface area contributed by atoms with Crippen molar-refractivity contribution in [3.8, 4) is 40.2 Å². The Bertz CT molecular complexity index is 1290. The molecule has 2 aromatic heterocycles. The molecule has 0 bridgehead atoms. The number of carbonyl (C=O) groups is 1. The standard InChI is InChI=1S/C25H22N4O5/c1-31-20-14-16(15-21(32-2)23(20)33-3)11-12-22(30)27-18-9-5-4-8-17(18)25-28-24(29-34-25)19-10-6-7-13-26-19/h4-15H,1-3H3,(H,27,30). The molecule has 4 rings (SSSR count). The van der Waals surface area contributed by atoms with Crippen molar-refractivity contribution in [3.63, 3.8) is 0 Å². The normalized spacial score (nSPS) is 10.8. The molecule has 34 heavy (non-hydrogen) atoms. The Hall–Kier alpha value is -4.66. The molecule has 4 aromatic rings. The highest BCUT2D eigenvalue weighted by atomic mass is 16.5. The maximum absolute atomic E-state index is 12.7. The topological polar surface area (TPSA) is 109 Å². The quantitative estimate of drug-likeness (QED) is 0.385. The fraction of sp³-hybridized carbons (Fsp3) is 0.120. The maximum atomic E-state index is 12.7. The van der Waals surface area contributed by atoms with Crippen LogP contribution in [0.4, 0.5) is 5.69 Å². The van der Waals surface area contributed by atoms with Crippen LogP contribution < -0.4 is 19.5 Å². The molecule has 1 N–H and O–H groups in total. The van der Waals surface area contributed by atoms with Crippen LogP contribution in [-0.4, -0.2) is 42.4 Å². The number of amides is 1. The number of pyridine rings is 1. The zero-order chi connectivity index (χ0) is 23.9. The maximum Gasteiger partial charge on any atom is 0.260 e. The lowest BCUT2D eigenvalue weighted by atomic mass is 10.1. The summed E-state index contributed by atoms with van der Waals surface area (Å²) in [5, 5.41) is 6.85. The highest BCUT2D eigenvalue weighted by Crippen LogP contribution is 2.38. The fourth-order valence-corrected chi connectivity index (χ4v) is 3.25. The Morgan fingerprint density at radius 2 is 1.71 bits per heavy atom. The number of ether oxygens (including phenoxy) is 3. The number of methoxy groups -OCH3 is 3. The summed E-state index contributed by atoms with van der Waals surface area (Å²) in [6, 6.07) is 16.1. The molecular weight excluding hydrogens is 436 g/mol. The van der Waals surface area contributed by atoms with Crippen LogP contribution in [0.3, 0.4) is 0 Å². The third-order valence-corrected chi connectivity index (χ3v) is 4.85. The van der Waals surface area contributed by atoms with Gasteiger partial charge in [-0.15, -0.1) is 0 Å². The van der Waals surface area contributed by atoms with Gasteiger partial charge in [-0.2, -0.15) is 4.98 Å². The van der Waals surface area contributed by atoms with Gasteiger partial charge in [0.1, 0.15) is 5.69 Å². The number of aromatic nitrogens is 3. The van der Waals surface area contributed by atoms with Crippen LogP contribution in [0.15, 0.2) is 71.4 Å². The molecule has 9 nitrogen and oxygen atoms in total. The molecule has 0 saturated heterocycles. The van der Waals surface area contributed by atoms with Crippen molar-refractivity contribution in [2.24, 2.45) is 0 Å². The van der Waals surface area contributed by atoms with Crippen LogP contribution in [0.25, 0.3) is 29.0 Å². The summed E-state index contributed by atoms with van der Waals surface area (Å²) in [5.74, 6) is 1.75. The van der Waals surface area contributed by atoms with Crippen molar-refractivity contribution < 1.29 is 23.5 Å². The largest absolute Gasteiger partial charge is 0.493 e. The number of nitrogens with zero attached hydrogens (tertiary/aromatic N) is 3. The monoisotopic (exact) mass is 458 g/mol. The van der Waals surface area contributed by atoms with Gasteiger partial charge in [0, 0.05) is 12.3 Å². The number of nitrogens with one attached hydrogen (secondary N) is 1. The Kier molecular flexibility index (Phi) is 6.83. The van der Waals surface area contributed by atoms with Gasteiger partial charge in [0.2, 0.25) is 17.5 Å². The first-order valence-electron chi connectivity index (χ1n) is 10.3. The van der Waals surface area contributed by atoms with Gasteiger partial charge in [0.15, 0.2) is 11.5 Å². The summed E-state index contributed by atoms with van der Waals surface area (Å²) in [6.07, 6.45) is 4.71. The summed E-state index contributed by atoms with van der Waals surface area (Å²) in [5.41, 5.74) is 2.41. The van der Waals surface area contributed by atoms with Gasteiger partial charge < -0.3 is 24.1 Å². The minimum atomic E-state index is -0.342. The van der Waals surface area contributed by atoms with Gasteiger partial charge >= 0.3 is 0 Å². The second-order valence-corrected chi connectivity index (χ2v) is 6.96. The molecular formula is C25H22N4O5. The van der Waals surface area contributed by atoms with Crippen molar-refractivity contribution in [3.05, 3.63) is 72.4 Å². The Labute approximate surface area is 196 Å². The zero-order valence-corrected chi connectivity index (χ0v) is 18.8. The molecule has 0 fully saturated rings. The lowest BCUT2D eigenvalue weighted by Crippen LogP contribution is -2.08. The minimum Gasteiger partial charge on any atom is -0.493 e. The minimum absolute atomic E-state index is 0.269. The molecule has 0 radical (unpaired) electrons. The second-order valence-electron chi connectivity index (χ2n) is 6.96. The molecule has 2 aromatic carbocycles. The molecule has 0 aliphatic carbocycles. The van der Waals surface area contributed by atoms with Crippen LogP contribution in [0.1, 0.15) is 5.56 Å². The van der Waals surface area contributed by atoms with Crippen LogP contribution in [-0.2, 0) is 4.79 Å². The number of para-hydroxylation sites is 1. The number of carbonyl (C=O) groups excluding carboxylic acids is 1. The molecule has 0 aliphatic heterocycles. The number of rotatable bonds is 8. The molecule has 1 amide bonds. The van der Waals surface area contributed by atoms with E-state index in [1.165, 1.54) is 27.4 Å². The highest BCUT2D eigenvalue weighted by molar-refractivity contribution is 6.04. The van der Waals surface area contributed by atoms with Gasteiger partial charge in [0.25, 0.3) is 5.89 Å². The predicted molar refractivity (Wildman–Crippen MR) is 127 cm³/mol. The third kappa shape index (κ3) is 4.88. The number of hydrogen-bond acceptors (Lipinski definition) is 8. The van der Waals surface area contributed by atoms with E-state index in [0.29, 0.717) is 45.6 Å². The van der Waals surface area contributed by atoms with Crippen LogP contribution in [0, 0.1) is 0 Å². The number of benzene rings is 2. The van der Waals surface area contributed by atoms with E-state index in [-0.39, 0.29) is 11.8 Å². The van der Waals surface area contributed by atoms with Crippen LogP contribution >= 0.6 is 0 Å². The first-order chi connectivity index (χ1) is 16.6. The number of hydrogen-bond donors (Lipinski definition) is 1. The van der Waals surface area contributed by atoms with Crippen molar-refractivity contribution in [1.82, 2.24) is 15.1 Å². The Morgan fingerprint density at radius 3 is 2.38 bits per heavy atom. The molecule has 0 saturated carbocycles. The average Bonchev–Trinajstić information content (AvgIpc) is 3.38. The first kappa shape index (κ1) is 22.5. The third-order valence-electron chi connectivity index (χ3n) is 4.85. The predicted octanol–water partition coefficient (Wildman–Crippen LogP) is 4.48. The fourth-order valence-electron chi connectivity index (χ4n) is 3.25. The van der Waals surface area contributed by atoms with E-state index in [4.69, 9.17) is 18.7 Å². The van der Waals surface area contributed by atoms with Crippen molar-refractivity contribution >= 4 is 17.7 Å². The van der Waals surface area contributed by atoms with E-state index in [0.717, 1.165) is 0 Å². The van der Waals surface area contributed by atoms with Gasteiger partial charge in [-0.3, -0.25) is 9.78 Å². The summed E-state index contributed by atoms with van der Waals surface area (Å²) in [4.78, 5) is 21.3. The molecule has 0 atom stereocenters. The van der Waals surface area contributed by atoms with Gasteiger partial charge in [-0.1, -0.05) is 23.4 Å². The first-order valence-corrected chi connectivity index (χ1v) is 10.3. The summed E-state index contributed by atoms with van der Waals surface area (Å²) >= 11 is 0. The van der Waals surface area contributed by atoms with E-state index in [1.807, 2.05) is 12.1 Å². The van der Waals surface area contributed by atoms with Crippen molar-refractivity contribution in [1.29, 1.82) is 0 Å². The summed E-state index contributed by atoms with van der Waals surface area (Å²) in [7, 11) is 4.60. The van der Waals surface area contributed by atoms with Crippen LogP contribution in [0.5, 0.6) is 17.2 Å². The second kappa shape index (κ2) is 10.3. The van der Waals surface area contributed by atoms with E-state index in [1.54, 1.807) is 54.7 Å². The van der Waals surface area contributed by atoms with Crippen molar-refractivity contribution in [2.75, 3.05) is 26.6 Å². The van der Waals surface area contributed by atoms with E-state index in [2.05, 4.69) is 20.4 Å². The highest BCUT2D eigenvalue weighted by Gasteiger charge is 2.16. The van der Waals surface area contributed by atoms with E-state index < -0.39 is 0 Å². The average molecular weight is 458 g/mol. The van der Waals surface area contributed by atoms with Crippen LogP contribution in [0.2, 0.25) is 0 Å². The zero-order valence-electron chi connectivity index (χ0n) is 18.8. The van der Waals surface area contributed by atoms with Gasteiger partial charge in [-0.25, -0.2) is 0 Å².